The van der Waals surface area contributed by atoms with E-state index in [1.165, 1.54) is 0 Å². The summed E-state index contributed by atoms with van der Waals surface area (Å²) < 4.78 is 16.5. The third-order valence-corrected chi connectivity index (χ3v) is 4.02. The van der Waals surface area contributed by atoms with Crippen LogP contribution < -0.4 is 4.74 Å². The van der Waals surface area contributed by atoms with E-state index in [-0.39, 0.29) is 12.5 Å². The van der Waals surface area contributed by atoms with Gasteiger partial charge in [-0.2, -0.15) is 0 Å². The summed E-state index contributed by atoms with van der Waals surface area (Å²) in [5.41, 5.74) is 2.91. The van der Waals surface area contributed by atoms with Crippen molar-refractivity contribution in [2.24, 2.45) is 0 Å². The summed E-state index contributed by atoms with van der Waals surface area (Å²) in [6, 6.07) is 15.1. The first-order valence-corrected chi connectivity index (χ1v) is 8.32. The van der Waals surface area contributed by atoms with Crippen LogP contribution in [0.5, 0.6) is 5.75 Å². The number of nitrogens with zero attached hydrogens (tertiary/aromatic N) is 2. The molecule has 26 heavy (non-hydrogen) atoms. The molecule has 3 rings (SSSR count). The number of hydrogen-bond acceptors (Lipinski definition) is 6. The van der Waals surface area contributed by atoms with Gasteiger partial charge in [-0.05, 0) is 50.1 Å². The fourth-order valence-electron chi connectivity index (χ4n) is 2.40. The van der Waals surface area contributed by atoms with Crippen molar-refractivity contribution in [3.63, 3.8) is 0 Å². The van der Waals surface area contributed by atoms with Gasteiger partial charge in [-0.3, -0.25) is 0 Å². The van der Waals surface area contributed by atoms with Crippen molar-refractivity contribution in [3.8, 4) is 17.2 Å². The van der Waals surface area contributed by atoms with Gasteiger partial charge in [-0.25, -0.2) is 4.79 Å². The maximum atomic E-state index is 12.0. The molecule has 0 fully saturated rings. The van der Waals surface area contributed by atoms with Gasteiger partial charge in [0.05, 0.1) is 0 Å². The number of ether oxygens (including phenoxy) is 2. The molecule has 0 aliphatic carbocycles. The second kappa shape index (κ2) is 7.82. The summed E-state index contributed by atoms with van der Waals surface area (Å²) in [6.45, 7) is 5.43. The van der Waals surface area contributed by atoms with Crippen molar-refractivity contribution in [3.05, 3.63) is 65.5 Å². The van der Waals surface area contributed by atoms with Crippen LogP contribution in [0.15, 0.2) is 52.9 Å². The highest BCUT2D eigenvalue weighted by atomic mass is 16.6. The summed E-state index contributed by atoms with van der Waals surface area (Å²) in [7, 11) is 0. The van der Waals surface area contributed by atoms with Gasteiger partial charge in [-0.1, -0.05) is 30.3 Å². The smallest absolute Gasteiger partial charge is 0.344 e. The number of esters is 1. The number of carbonyl (C=O) groups excluding carboxylic acids is 1. The van der Waals surface area contributed by atoms with Crippen LogP contribution in [-0.2, 0) is 9.53 Å². The Balaban J connectivity index is 1.58. The Morgan fingerprint density at radius 2 is 1.85 bits per heavy atom. The Hall–Kier alpha value is -3.15. The molecule has 0 N–H and O–H groups in total. The quantitative estimate of drug-likeness (QED) is 0.623. The molecule has 2 aromatic carbocycles. The first-order valence-electron chi connectivity index (χ1n) is 8.32. The molecular formula is C20H20N2O4. The number of aromatic nitrogens is 2. The maximum absolute atomic E-state index is 12.0. The lowest BCUT2D eigenvalue weighted by molar-refractivity contribution is -0.152. The van der Waals surface area contributed by atoms with Crippen molar-refractivity contribution in [2.45, 2.75) is 26.9 Å². The first kappa shape index (κ1) is 17.7. The van der Waals surface area contributed by atoms with E-state index in [9.17, 15) is 4.79 Å². The lowest BCUT2D eigenvalue weighted by Gasteiger charge is -2.12. The minimum atomic E-state index is -0.658. The molecule has 0 unspecified atom stereocenters. The molecule has 0 spiro atoms. The van der Waals surface area contributed by atoms with E-state index in [0.29, 0.717) is 11.6 Å². The molecule has 1 aromatic heterocycles. The van der Waals surface area contributed by atoms with E-state index in [1.54, 1.807) is 6.92 Å². The van der Waals surface area contributed by atoms with Crippen molar-refractivity contribution >= 4 is 5.97 Å². The number of benzene rings is 2. The van der Waals surface area contributed by atoms with Crippen molar-refractivity contribution in [1.82, 2.24) is 10.2 Å². The summed E-state index contributed by atoms with van der Waals surface area (Å²) in [5, 5.41) is 7.95. The van der Waals surface area contributed by atoms with E-state index < -0.39 is 12.1 Å². The molecule has 134 valence electrons. The molecular weight excluding hydrogens is 332 g/mol. The molecule has 6 heteroatoms. The van der Waals surface area contributed by atoms with Crippen LogP contribution >= 0.6 is 0 Å². The Bertz CT molecular complexity index is 890. The first-order chi connectivity index (χ1) is 12.5. The van der Waals surface area contributed by atoms with Crippen LogP contribution in [0.4, 0.5) is 0 Å². The second-order valence-corrected chi connectivity index (χ2v) is 5.93. The maximum Gasteiger partial charge on any atom is 0.344 e. The topological polar surface area (TPSA) is 74.5 Å². The Morgan fingerprint density at radius 1 is 1.08 bits per heavy atom. The lowest BCUT2D eigenvalue weighted by atomic mass is 10.1. The Morgan fingerprint density at radius 3 is 2.62 bits per heavy atom. The molecule has 1 atom stereocenters. The van der Waals surface area contributed by atoms with Crippen LogP contribution in [0.25, 0.3) is 11.5 Å². The monoisotopic (exact) mass is 352 g/mol. The summed E-state index contributed by atoms with van der Waals surface area (Å²) in [6.07, 6.45) is -0.658. The largest absolute Gasteiger partial charge is 0.482 e. The highest BCUT2D eigenvalue weighted by Crippen LogP contribution is 2.23. The SMILES string of the molecule is Cc1cccc(OCC(=O)O[C@@H](C)c2nnc(-c3ccccc3)o2)c1C. The van der Waals surface area contributed by atoms with E-state index >= 15 is 0 Å². The molecule has 0 aliphatic rings. The third kappa shape index (κ3) is 4.08. The van der Waals surface area contributed by atoms with Gasteiger partial charge in [0.25, 0.3) is 5.89 Å². The second-order valence-electron chi connectivity index (χ2n) is 5.93. The zero-order chi connectivity index (χ0) is 18.5. The zero-order valence-corrected chi connectivity index (χ0v) is 14.9. The van der Waals surface area contributed by atoms with E-state index in [0.717, 1.165) is 16.7 Å². The van der Waals surface area contributed by atoms with Gasteiger partial charge >= 0.3 is 5.97 Å². The molecule has 0 amide bonds. The van der Waals surface area contributed by atoms with Crippen LogP contribution in [0.1, 0.15) is 30.0 Å². The molecule has 6 nitrogen and oxygen atoms in total. The lowest BCUT2D eigenvalue weighted by Crippen LogP contribution is -2.17. The van der Waals surface area contributed by atoms with Crippen molar-refractivity contribution in [1.29, 1.82) is 0 Å². The fourth-order valence-corrected chi connectivity index (χ4v) is 2.40. The van der Waals surface area contributed by atoms with Crippen LogP contribution in [0.2, 0.25) is 0 Å². The fraction of sp³-hybridized carbons (Fsp3) is 0.250. The van der Waals surface area contributed by atoms with Gasteiger partial charge in [-0.15, -0.1) is 10.2 Å². The van der Waals surface area contributed by atoms with E-state index in [2.05, 4.69) is 10.2 Å². The molecule has 0 saturated carbocycles. The summed E-state index contributed by atoms with van der Waals surface area (Å²) >= 11 is 0. The van der Waals surface area contributed by atoms with Crippen LogP contribution in [0.3, 0.4) is 0 Å². The molecule has 0 bridgehead atoms. The predicted molar refractivity (Wildman–Crippen MR) is 95.7 cm³/mol. The molecule has 1 heterocycles. The normalized spacial score (nSPS) is 11.8. The van der Waals surface area contributed by atoms with Gasteiger partial charge in [0.15, 0.2) is 12.7 Å². The predicted octanol–water partition coefficient (Wildman–Crippen LogP) is 4.04. The average Bonchev–Trinajstić information content (AvgIpc) is 3.14. The highest BCUT2D eigenvalue weighted by molar-refractivity contribution is 5.71. The number of hydrogen-bond donors (Lipinski definition) is 0. The minimum absolute atomic E-state index is 0.186. The number of rotatable bonds is 6. The van der Waals surface area contributed by atoms with Crippen LogP contribution in [-0.4, -0.2) is 22.8 Å². The molecule has 0 saturated heterocycles. The average molecular weight is 352 g/mol. The Labute approximate surface area is 151 Å². The summed E-state index contributed by atoms with van der Waals surface area (Å²) in [5.74, 6) is 0.788. The van der Waals surface area contributed by atoms with Crippen LogP contribution in [0, 0.1) is 13.8 Å². The number of carbonyl (C=O) groups is 1. The summed E-state index contributed by atoms with van der Waals surface area (Å²) in [4.78, 5) is 12.0. The molecule has 3 aromatic rings. The third-order valence-electron chi connectivity index (χ3n) is 4.02. The minimum Gasteiger partial charge on any atom is -0.482 e. The zero-order valence-electron chi connectivity index (χ0n) is 14.9. The van der Waals surface area contributed by atoms with Crippen molar-refractivity contribution < 1.29 is 18.7 Å². The highest BCUT2D eigenvalue weighted by Gasteiger charge is 2.19. The van der Waals surface area contributed by atoms with Gasteiger partial charge in [0, 0.05) is 5.56 Å². The standard InChI is InChI=1S/C20H20N2O4/c1-13-8-7-11-17(14(13)2)24-12-18(23)25-15(3)19-21-22-20(26-19)16-9-5-4-6-10-16/h4-11,15H,12H2,1-3H3/t15-/m0/s1. The van der Waals surface area contributed by atoms with Gasteiger partial charge in [0.1, 0.15) is 5.75 Å². The van der Waals surface area contributed by atoms with Gasteiger partial charge in [0.2, 0.25) is 5.89 Å². The molecule has 0 aliphatic heterocycles. The van der Waals surface area contributed by atoms with Crippen molar-refractivity contribution in [2.75, 3.05) is 6.61 Å². The Kier molecular flexibility index (Phi) is 5.31. The van der Waals surface area contributed by atoms with Gasteiger partial charge < -0.3 is 13.9 Å². The molecule has 0 radical (unpaired) electrons. The van der Waals surface area contributed by atoms with E-state index in [1.807, 2.05) is 62.4 Å². The number of aryl methyl sites for hydroxylation is 1. The van der Waals surface area contributed by atoms with E-state index in [4.69, 9.17) is 13.9 Å².